The summed E-state index contributed by atoms with van der Waals surface area (Å²) in [6, 6.07) is 6.73. The van der Waals surface area contributed by atoms with Crippen molar-refractivity contribution in [3.8, 4) is 0 Å². The van der Waals surface area contributed by atoms with Gasteiger partial charge in [0.1, 0.15) is 11.6 Å². The molecular weight excluding hydrogens is 275 g/mol. The average molecular weight is 285 g/mol. The van der Waals surface area contributed by atoms with Crippen LogP contribution in [-0.2, 0) is 0 Å². The summed E-state index contributed by atoms with van der Waals surface area (Å²) < 4.78 is 0. The molecule has 0 atom stereocenters. The number of rotatable bonds is 3. The van der Waals surface area contributed by atoms with Gasteiger partial charge in [-0.25, -0.2) is 5.84 Å². The van der Waals surface area contributed by atoms with E-state index in [1.54, 1.807) is 24.3 Å². The summed E-state index contributed by atoms with van der Waals surface area (Å²) in [5, 5.41) is 3.94. The van der Waals surface area contributed by atoms with Gasteiger partial charge in [-0.3, -0.25) is 0 Å². The average Bonchev–Trinajstić information content (AvgIpc) is 2.33. The van der Waals surface area contributed by atoms with Crippen molar-refractivity contribution in [1.82, 2.24) is 9.97 Å². The minimum absolute atomic E-state index is 0.105. The van der Waals surface area contributed by atoms with Gasteiger partial charge >= 0.3 is 0 Å². The largest absolute Gasteiger partial charge is 0.368 e. The van der Waals surface area contributed by atoms with E-state index in [0.717, 1.165) is 5.69 Å². The maximum atomic E-state index is 5.91. The van der Waals surface area contributed by atoms with Crippen molar-refractivity contribution in [2.75, 3.05) is 16.5 Å². The van der Waals surface area contributed by atoms with Gasteiger partial charge < -0.3 is 16.5 Å². The van der Waals surface area contributed by atoms with E-state index < -0.39 is 0 Å². The van der Waals surface area contributed by atoms with E-state index in [0.29, 0.717) is 21.7 Å². The van der Waals surface area contributed by atoms with Crippen molar-refractivity contribution in [2.45, 2.75) is 0 Å². The van der Waals surface area contributed by atoms with Crippen molar-refractivity contribution >= 4 is 46.5 Å². The van der Waals surface area contributed by atoms with Gasteiger partial charge in [-0.1, -0.05) is 23.2 Å². The lowest BCUT2D eigenvalue weighted by Crippen LogP contribution is -2.11. The van der Waals surface area contributed by atoms with Crippen LogP contribution in [0.25, 0.3) is 0 Å². The molecule has 18 heavy (non-hydrogen) atoms. The van der Waals surface area contributed by atoms with Crippen molar-refractivity contribution in [3.63, 3.8) is 0 Å². The quantitative estimate of drug-likeness (QED) is 0.510. The van der Waals surface area contributed by atoms with Gasteiger partial charge in [-0.15, -0.1) is 0 Å². The Hall–Kier alpha value is -1.76. The Labute approximate surface area is 113 Å². The van der Waals surface area contributed by atoms with E-state index in [4.69, 9.17) is 34.8 Å². The monoisotopic (exact) mass is 284 g/mol. The fourth-order valence-electron chi connectivity index (χ4n) is 1.33. The first-order chi connectivity index (χ1) is 8.58. The van der Waals surface area contributed by atoms with Crippen molar-refractivity contribution in [3.05, 3.63) is 34.3 Å². The number of anilines is 4. The molecule has 0 amide bonds. The molecule has 0 saturated carbocycles. The van der Waals surface area contributed by atoms with Crippen LogP contribution in [0.3, 0.4) is 0 Å². The number of nitrogens with two attached hydrogens (primary N) is 2. The summed E-state index contributed by atoms with van der Waals surface area (Å²) in [5.74, 6) is 6.27. The summed E-state index contributed by atoms with van der Waals surface area (Å²) in [4.78, 5) is 7.88. The molecule has 94 valence electrons. The zero-order chi connectivity index (χ0) is 13.1. The van der Waals surface area contributed by atoms with Crippen LogP contribution in [0.4, 0.5) is 23.3 Å². The van der Waals surface area contributed by atoms with E-state index >= 15 is 0 Å². The van der Waals surface area contributed by atoms with Crippen LogP contribution in [0.1, 0.15) is 0 Å². The molecule has 8 heteroatoms. The number of aromatic nitrogens is 2. The molecule has 0 unspecified atom stereocenters. The number of benzene rings is 1. The van der Waals surface area contributed by atoms with Gasteiger partial charge in [0.25, 0.3) is 0 Å². The second kappa shape index (κ2) is 5.26. The Balaban J connectivity index is 2.27. The van der Waals surface area contributed by atoms with Crippen LogP contribution in [0.5, 0.6) is 0 Å². The van der Waals surface area contributed by atoms with Crippen LogP contribution in [0.2, 0.25) is 10.0 Å². The molecule has 2 aromatic rings. The Bertz CT molecular complexity index is 574. The minimum Gasteiger partial charge on any atom is -0.368 e. The van der Waals surface area contributed by atoms with Crippen LogP contribution in [-0.4, -0.2) is 9.97 Å². The molecule has 1 heterocycles. The van der Waals surface area contributed by atoms with Gasteiger partial charge in [-0.2, -0.15) is 9.97 Å². The van der Waals surface area contributed by atoms with Gasteiger partial charge in [-0.05, 0) is 18.2 Å². The van der Waals surface area contributed by atoms with E-state index in [2.05, 4.69) is 20.7 Å². The maximum Gasteiger partial charge on any atom is 0.223 e. The maximum absolute atomic E-state index is 5.91. The molecule has 0 aliphatic rings. The van der Waals surface area contributed by atoms with Crippen molar-refractivity contribution in [2.24, 2.45) is 5.84 Å². The zero-order valence-corrected chi connectivity index (χ0v) is 10.6. The molecule has 6 nitrogen and oxygen atoms in total. The van der Waals surface area contributed by atoms with Crippen LogP contribution in [0.15, 0.2) is 24.3 Å². The van der Waals surface area contributed by atoms with Crippen LogP contribution < -0.4 is 22.3 Å². The topological polar surface area (TPSA) is 102 Å². The Morgan fingerprint density at radius 3 is 2.39 bits per heavy atom. The molecule has 0 radical (unpaired) electrons. The molecule has 0 bridgehead atoms. The number of halogens is 2. The summed E-state index contributed by atoms with van der Waals surface area (Å²) in [5.41, 5.74) is 8.66. The molecule has 0 fully saturated rings. The predicted molar refractivity (Wildman–Crippen MR) is 74.0 cm³/mol. The Morgan fingerprint density at radius 1 is 1.00 bits per heavy atom. The number of nitrogens with one attached hydrogen (secondary N) is 2. The highest BCUT2D eigenvalue weighted by Crippen LogP contribution is 2.27. The van der Waals surface area contributed by atoms with Gasteiger partial charge in [0.05, 0.1) is 10.0 Å². The number of nitrogen functional groups attached to an aromatic ring is 2. The zero-order valence-electron chi connectivity index (χ0n) is 9.11. The number of hydrazine groups is 1. The first-order valence-corrected chi connectivity index (χ1v) is 5.67. The molecule has 0 saturated heterocycles. The van der Waals surface area contributed by atoms with Crippen LogP contribution in [0, 0.1) is 0 Å². The predicted octanol–water partition coefficient (Wildman–Crippen LogP) is 2.39. The summed E-state index contributed by atoms with van der Waals surface area (Å²) >= 11 is 11.7. The summed E-state index contributed by atoms with van der Waals surface area (Å²) in [6.45, 7) is 0. The Kier molecular flexibility index (Phi) is 3.71. The lowest BCUT2D eigenvalue weighted by atomic mass is 10.3. The van der Waals surface area contributed by atoms with Gasteiger partial charge in [0.15, 0.2) is 0 Å². The summed E-state index contributed by atoms with van der Waals surface area (Å²) in [6.07, 6.45) is 0. The molecule has 1 aromatic carbocycles. The molecule has 0 spiro atoms. The van der Waals surface area contributed by atoms with Gasteiger partial charge in [0, 0.05) is 11.8 Å². The Morgan fingerprint density at radius 2 is 1.72 bits per heavy atom. The fourth-order valence-corrected chi connectivity index (χ4v) is 1.62. The molecule has 0 aliphatic heterocycles. The van der Waals surface area contributed by atoms with Crippen molar-refractivity contribution < 1.29 is 0 Å². The standard InChI is InChI=1S/C10H10Cl2N6/c11-6-2-1-5(3-7(6)12)15-8-4-9(18-14)17-10(13)16-8/h1-4H,14H2,(H4,13,15,16,17,18). The molecule has 6 N–H and O–H groups in total. The summed E-state index contributed by atoms with van der Waals surface area (Å²) in [7, 11) is 0. The lowest BCUT2D eigenvalue weighted by Gasteiger charge is -2.08. The first-order valence-electron chi connectivity index (χ1n) is 4.92. The highest BCUT2D eigenvalue weighted by Gasteiger charge is 2.04. The molecule has 0 aliphatic carbocycles. The second-order valence-corrected chi connectivity index (χ2v) is 4.21. The number of hydrogen-bond acceptors (Lipinski definition) is 6. The highest BCUT2D eigenvalue weighted by molar-refractivity contribution is 6.42. The third kappa shape index (κ3) is 2.92. The smallest absolute Gasteiger partial charge is 0.223 e. The van der Waals surface area contributed by atoms with E-state index in [9.17, 15) is 0 Å². The van der Waals surface area contributed by atoms with Crippen molar-refractivity contribution in [1.29, 1.82) is 0 Å². The third-order valence-corrected chi connectivity index (χ3v) is 2.82. The van der Waals surface area contributed by atoms with E-state index in [1.165, 1.54) is 0 Å². The number of hydrogen-bond donors (Lipinski definition) is 4. The number of nitrogens with zero attached hydrogens (tertiary/aromatic N) is 2. The third-order valence-electron chi connectivity index (χ3n) is 2.08. The van der Waals surface area contributed by atoms with Gasteiger partial charge in [0.2, 0.25) is 5.95 Å². The normalized spacial score (nSPS) is 10.2. The lowest BCUT2D eigenvalue weighted by molar-refractivity contribution is 1.15. The fraction of sp³-hybridized carbons (Fsp3) is 0. The molecular formula is C10H10Cl2N6. The molecule has 1 aromatic heterocycles. The van der Waals surface area contributed by atoms with E-state index in [1.807, 2.05) is 0 Å². The van der Waals surface area contributed by atoms with Crippen LogP contribution >= 0.6 is 23.2 Å². The molecule has 2 rings (SSSR count). The minimum atomic E-state index is 0.105. The highest BCUT2D eigenvalue weighted by atomic mass is 35.5. The SMILES string of the molecule is NNc1cc(Nc2ccc(Cl)c(Cl)c2)nc(N)n1. The second-order valence-electron chi connectivity index (χ2n) is 3.39. The first kappa shape index (κ1) is 12.7. The van der Waals surface area contributed by atoms with E-state index in [-0.39, 0.29) is 5.95 Å².